The number of phenols is 1. The van der Waals surface area contributed by atoms with Gasteiger partial charge in [-0.3, -0.25) is 0 Å². The molecule has 0 aromatic heterocycles. The molecule has 0 heterocycles. The molecule has 106 valence electrons. The van der Waals surface area contributed by atoms with E-state index in [0.29, 0.717) is 17.5 Å². The molecule has 1 fully saturated rings. The second-order valence-corrected chi connectivity index (χ2v) is 5.99. The van der Waals surface area contributed by atoms with Crippen molar-refractivity contribution in [3.63, 3.8) is 0 Å². The molecule has 1 aliphatic rings. The van der Waals surface area contributed by atoms with E-state index in [-0.39, 0.29) is 0 Å². The fourth-order valence-electron chi connectivity index (χ4n) is 3.19. The van der Waals surface area contributed by atoms with Gasteiger partial charge in [0, 0.05) is 24.2 Å². The van der Waals surface area contributed by atoms with Crippen LogP contribution in [0.2, 0.25) is 0 Å². The second kappa shape index (κ2) is 6.29. The number of nitrogens with one attached hydrogen (secondary N) is 1. The lowest BCUT2D eigenvalue weighted by molar-refractivity contribution is 0.237. The average Bonchev–Trinajstić information content (AvgIpc) is 2.36. The fourth-order valence-corrected chi connectivity index (χ4v) is 3.19. The van der Waals surface area contributed by atoms with Crippen LogP contribution in [0.1, 0.15) is 38.7 Å². The number of rotatable bonds is 4. The van der Waals surface area contributed by atoms with Crippen LogP contribution in [0.4, 0.5) is 0 Å². The van der Waals surface area contributed by atoms with Gasteiger partial charge in [-0.15, -0.1) is 0 Å². The zero-order chi connectivity index (χ0) is 13.8. The van der Waals surface area contributed by atoms with Gasteiger partial charge in [0.15, 0.2) is 0 Å². The average molecular weight is 263 g/mol. The maximum atomic E-state index is 9.94. The first-order valence-corrected chi connectivity index (χ1v) is 7.17. The van der Waals surface area contributed by atoms with E-state index in [1.54, 1.807) is 13.2 Å². The highest BCUT2D eigenvalue weighted by Crippen LogP contribution is 2.29. The van der Waals surface area contributed by atoms with E-state index in [1.807, 2.05) is 12.1 Å². The van der Waals surface area contributed by atoms with E-state index < -0.39 is 0 Å². The van der Waals surface area contributed by atoms with Crippen LogP contribution in [0.3, 0.4) is 0 Å². The largest absolute Gasteiger partial charge is 0.507 e. The van der Waals surface area contributed by atoms with Crippen LogP contribution in [0.25, 0.3) is 0 Å². The van der Waals surface area contributed by atoms with Gasteiger partial charge in [-0.2, -0.15) is 0 Å². The van der Waals surface area contributed by atoms with Gasteiger partial charge in [0.05, 0.1) is 7.11 Å². The quantitative estimate of drug-likeness (QED) is 0.875. The summed E-state index contributed by atoms with van der Waals surface area (Å²) in [5.41, 5.74) is 0.937. The third kappa shape index (κ3) is 3.87. The molecule has 0 spiro atoms. The summed E-state index contributed by atoms with van der Waals surface area (Å²) in [6.45, 7) is 5.38. The van der Waals surface area contributed by atoms with Crippen molar-refractivity contribution in [1.29, 1.82) is 0 Å². The Morgan fingerprint density at radius 2 is 1.89 bits per heavy atom. The van der Waals surface area contributed by atoms with E-state index in [9.17, 15) is 5.11 Å². The Morgan fingerprint density at radius 1 is 1.21 bits per heavy atom. The molecule has 0 amide bonds. The Hall–Kier alpha value is -1.22. The molecular formula is C16H25NO2. The van der Waals surface area contributed by atoms with E-state index in [4.69, 9.17) is 4.74 Å². The molecule has 2 atom stereocenters. The van der Waals surface area contributed by atoms with Crippen LogP contribution in [0, 0.1) is 11.8 Å². The Bertz CT molecular complexity index is 409. The first kappa shape index (κ1) is 14.2. The summed E-state index contributed by atoms with van der Waals surface area (Å²) in [5.74, 6) is 2.60. The van der Waals surface area contributed by atoms with E-state index in [1.165, 1.54) is 19.3 Å². The van der Waals surface area contributed by atoms with Gasteiger partial charge in [0.25, 0.3) is 0 Å². The molecule has 2 unspecified atom stereocenters. The first-order valence-electron chi connectivity index (χ1n) is 7.17. The SMILES string of the molecule is COc1ccc(CNC2CC(C)CC(C)C2)c(O)c1. The van der Waals surface area contributed by atoms with Gasteiger partial charge in [0.1, 0.15) is 11.5 Å². The second-order valence-electron chi connectivity index (χ2n) is 5.99. The third-order valence-corrected chi connectivity index (χ3v) is 4.05. The molecule has 1 aromatic carbocycles. The fraction of sp³-hybridized carbons (Fsp3) is 0.625. The van der Waals surface area contributed by atoms with Crippen molar-refractivity contribution in [2.45, 2.75) is 45.7 Å². The molecule has 19 heavy (non-hydrogen) atoms. The minimum absolute atomic E-state index is 0.309. The predicted octanol–water partition coefficient (Wildman–Crippen LogP) is 3.32. The standard InChI is InChI=1S/C16H25NO2/c1-11-6-12(2)8-14(7-11)17-10-13-4-5-15(19-3)9-16(13)18/h4-5,9,11-12,14,17-18H,6-8,10H2,1-3H3. The number of benzene rings is 1. The van der Waals surface area contributed by atoms with Gasteiger partial charge in [-0.25, -0.2) is 0 Å². The molecule has 3 heteroatoms. The van der Waals surface area contributed by atoms with Crippen LogP contribution in [0.15, 0.2) is 18.2 Å². The Balaban J connectivity index is 1.91. The van der Waals surface area contributed by atoms with Gasteiger partial charge >= 0.3 is 0 Å². The molecule has 1 aliphatic carbocycles. The monoisotopic (exact) mass is 263 g/mol. The van der Waals surface area contributed by atoms with Gasteiger partial charge in [-0.1, -0.05) is 19.9 Å². The lowest BCUT2D eigenvalue weighted by Gasteiger charge is -2.32. The van der Waals surface area contributed by atoms with Crippen molar-refractivity contribution in [2.75, 3.05) is 7.11 Å². The van der Waals surface area contributed by atoms with Crippen molar-refractivity contribution in [3.8, 4) is 11.5 Å². The predicted molar refractivity (Wildman–Crippen MR) is 77.5 cm³/mol. The number of hydrogen-bond acceptors (Lipinski definition) is 3. The van der Waals surface area contributed by atoms with E-state index in [0.717, 1.165) is 23.9 Å². The maximum Gasteiger partial charge on any atom is 0.123 e. The van der Waals surface area contributed by atoms with Crippen LogP contribution < -0.4 is 10.1 Å². The van der Waals surface area contributed by atoms with Crippen LogP contribution in [-0.4, -0.2) is 18.3 Å². The number of phenolic OH excluding ortho intramolecular Hbond substituents is 1. The van der Waals surface area contributed by atoms with Crippen molar-refractivity contribution in [1.82, 2.24) is 5.32 Å². The summed E-state index contributed by atoms with van der Waals surface area (Å²) in [7, 11) is 1.61. The summed E-state index contributed by atoms with van der Waals surface area (Å²) in [6.07, 6.45) is 3.81. The van der Waals surface area contributed by atoms with Crippen molar-refractivity contribution < 1.29 is 9.84 Å². The molecule has 0 saturated heterocycles. The minimum Gasteiger partial charge on any atom is -0.507 e. The van der Waals surface area contributed by atoms with Gasteiger partial charge in [0.2, 0.25) is 0 Å². The molecular weight excluding hydrogens is 238 g/mol. The highest BCUT2D eigenvalue weighted by molar-refractivity contribution is 5.39. The van der Waals surface area contributed by atoms with Crippen molar-refractivity contribution in [3.05, 3.63) is 23.8 Å². The Labute approximate surface area is 116 Å². The van der Waals surface area contributed by atoms with Crippen molar-refractivity contribution in [2.24, 2.45) is 11.8 Å². The molecule has 1 saturated carbocycles. The van der Waals surface area contributed by atoms with Crippen molar-refractivity contribution >= 4 is 0 Å². The Morgan fingerprint density at radius 3 is 2.47 bits per heavy atom. The van der Waals surface area contributed by atoms with Crippen LogP contribution >= 0.6 is 0 Å². The third-order valence-electron chi connectivity index (χ3n) is 4.05. The van der Waals surface area contributed by atoms with Gasteiger partial charge < -0.3 is 15.2 Å². The summed E-state index contributed by atoms with van der Waals surface area (Å²) in [6, 6.07) is 6.06. The Kier molecular flexibility index (Phi) is 4.70. The van der Waals surface area contributed by atoms with E-state index >= 15 is 0 Å². The highest BCUT2D eigenvalue weighted by atomic mass is 16.5. The number of hydrogen-bond donors (Lipinski definition) is 2. The normalized spacial score (nSPS) is 27.2. The zero-order valence-electron chi connectivity index (χ0n) is 12.1. The summed E-state index contributed by atoms with van der Waals surface area (Å²) < 4.78 is 5.09. The highest BCUT2D eigenvalue weighted by Gasteiger charge is 2.23. The lowest BCUT2D eigenvalue weighted by atomic mass is 9.80. The lowest BCUT2D eigenvalue weighted by Crippen LogP contribution is -2.35. The maximum absolute atomic E-state index is 9.94. The topological polar surface area (TPSA) is 41.5 Å². The molecule has 0 radical (unpaired) electrons. The zero-order valence-corrected chi connectivity index (χ0v) is 12.1. The molecule has 2 rings (SSSR count). The molecule has 0 bridgehead atoms. The number of aromatic hydroxyl groups is 1. The minimum atomic E-state index is 0.309. The molecule has 2 N–H and O–H groups in total. The molecule has 3 nitrogen and oxygen atoms in total. The van der Waals surface area contributed by atoms with Crippen LogP contribution in [-0.2, 0) is 6.54 Å². The summed E-state index contributed by atoms with van der Waals surface area (Å²) >= 11 is 0. The van der Waals surface area contributed by atoms with Crippen LogP contribution in [0.5, 0.6) is 11.5 Å². The smallest absolute Gasteiger partial charge is 0.123 e. The summed E-state index contributed by atoms with van der Waals surface area (Å²) in [4.78, 5) is 0. The number of methoxy groups -OCH3 is 1. The number of ether oxygens (including phenoxy) is 1. The molecule has 1 aromatic rings. The van der Waals surface area contributed by atoms with E-state index in [2.05, 4.69) is 19.2 Å². The van der Waals surface area contributed by atoms with Gasteiger partial charge in [-0.05, 0) is 37.2 Å². The first-order chi connectivity index (χ1) is 9.08. The summed E-state index contributed by atoms with van der Waals surface area (Å²) in [5, 5.41) is 13.5. The molecule has 0 aliphatic heterocycles.